The number of benzene rings is 2. The van der Waals surface area contributed by atoms with Crippen LogP contribution < -0.4 is 10.6 Å². The van der Waals surface area contributed by atoms with E-state index in [9.17, 15) is 19.2 Å². The van der Waals surface area contributed by atoms with Crippen LogP contribution in [0.4, 0.5) is 0 Å². The fourth-order valence-electron chi connectivity index (χ4n) is 7.30. The van der Waals surface area contributed by atoms with E-state index < -0.39 is 0 Å². The predicted molar refractivity (Wildman–Crippen MR) is 153 cm³/mol. The smallest absolute Gasteiger partial charge is 0.323 e. The fourth-order valence-corrected chi connectivity index (χ4v) is 7.30. The average molecular weight is 559 g/mol. The number of nitrogens with one attached hydrogen (secondary N) is 2. The van der Waals surface area contributed by atoms with Gasteiger partial charge in [-0.3, -0.25) is 19.2 Å². The first kappa shape index (κ1) is 27.8. The van der Waals surface area contributed by atoms with Gasteiger partial charge < -0.3 is 20.1 Å². The van der Waals surface area contributed by atoms with Gasteiger partial charge in [0.25, 0.3) is 0 Å². The molecule has 2 aromatic rings. The number of carbonyl (C=O) groups excluding carboxylic acids is 4. The third-order valence-corrected chi connectivity index (χ3v) is 9.46. The van der Waals surface area contributed by atoms with Crippen molar-refractivity contribution in [1.29, 1.82) is 0 Å². The Morgan fingerprint density at radius 1 is 0.732 bits per heavy atom. The summed E-state index contributed by atoms with van der Waals surface area (Å²) in [5.74, 6) is -1.11. The highest BCUT2D eigenvalue weighted by atomic mass is 16.5. The summed E-state index contributed by atoms with van der Waals surface area (Å²) < 4.78 is 10.7. The number of ether oxygens (including phenoxy) is 2. The zero-order valence-electron chi connectivity index (χ0n) is 23.5. The van der Waals surface area contributed by atoms with Crippen LogP contribution in [0, 0.1) is 0 Å². The molecule has 0 amide bonds. The molecular weight excluding hydrogens is 520 g/mol. The standard InChI is InChI=1S/C33H38N2O6/c36-28(19-40-31(38)26-5-3-17-34-26)22-9-7-21(8-10-22)23-11-12-24(25-13-16-33(30(23)25)14-1-2-15-33)29(37)20-41-32(39)27-6-4-18-35-27/h7-12,26-27,34-35H,1-6,13-20H2. The van der Waals surface area contributed by atoms with E-state index in [-0.39, 0.29) is 54.2 Å². The zero-order chi connectivity index (χ0) is 28.4. The fraction of sp³-hybridized carbons (Fsp3) is 0.515. The first-order valence-electron chi connectivity index (χ1n) is 15.1. The quantitative estimate of drug-likeness (QED) is 0.350. The lowest BCUT2D eigenvalue weighted by atomic mass is 9.76. The number of rotatable bonds is 9. The molecule has 2 aliphatic heterocycles. The molecule has 41 heavy (non-hydrogen) atoms. The molecule has 0 aromatic heterocycles. The van der Waals surface area contributed by atoms with Crippen molar-refractivity contribution in [2.75, 3.05) is 26.3 Å². The lowest BCUT2D eigenvalue weighted by Crippen LogP contribution is -2.33. The summed E-state index contributed by atoms with van der Waals surface area (Å²) in [7, 11) is 0. The van der Waals surface area contributed by atoms with Gasteiger partial charge >= 0.3 is 11.9 Å². The summed E-state index contributed by atoms with van der Waals surface area (Å²) in [5.41, 5.74) is 5.64. The maximum atomic E-state index is 13.3. The molecule has 2 atom stereocenters. The Kier molecular flexibility index (Phi) is 8.04. The van der Waals surface area contributed by atoms with Gasteiger partial charge in [-0.1, -0.05) is 49.2 Å². The normalized spacial score (nSPS) is 22.5. The number of ketones is 2. The molecule has 1 spiro atoms. The lowest BCUT2D eigenvalue weighted by molar-refractivity contribution is -0.145. The maximum absolute atomic E-state index is 13.3. The molecule has 4 aliphatic rings. The first-order chi connectivity index (χ1) is 19.9. The average Bonchev–Trinajstić information content (AvgIpc) is 3.83. The molecule has 216 valence electrons. The van der Waals surface area contributed by atoms with Crippen LogP contribution in [0.25, 0.3) is 11.1 Å². The molecule has 0 bridgehead atoms. The SMILES string of the molecule is O=C(COC(=O)C1CCCN1)c1ccc(-c2ccc(C(=O)COC(=O)C3CCCN3)c3c2C2(CCCC2)CC3)cc1. The minimum atomic E-state index is -0.371. The molecule has 2 saturated heterocycles. The van der Waals surface area contributed by atoms with Crippen molar-refractivity contribution in [3.8, 4) is 11.1 Å². The molecule has 2 N–H and O–H groups in total. The van der Waals surface area contributed by atoms with E-state index in [0.29, 0.717) is 11.1 Å². The topological polar surface area (TPSA) is 111 Å². The minimum Gasteiger partial charge on any atom is -0.456 e. The van der Waals surface area contributed by atoms with Crippen LogP contribution in [0.1, 0.15) is 89.6 Å². The van der Waals surface area contributed by atoms with Gasteiger partial charge in [0.15, 0.2) is 19.0 Å². The molecule has 8 heteroatoms. The molecule has 1 saturated carbocycles. The third kappa shape index (κ3) is 5.60. The number of carbonyl (C=O) groups is 4. The molecule has 0 radical (unpaired) electrons. The molecule has 3 fully saturated rings. The number of Topliss-reactive ketones (excluding diaryl/α,β-unsaturated/α-hetero) is 2. The van der Waals surface area contributed by atoms with E-state index >= 15 is 0 Å². The van der Waals surface area contributed by atoms with Crippen LogP contribution >= 0.6 is 0 Å². The van der Waals surface area contributed by atoms with Crippen LogP contribution in [-0.2, 0) is 30.9 Å². The summed E-state index contributed by atoms with van der Waals surface area (Å²) in [6.45, 7) is 1.08. The monoisotopic (exact) mass is 558 g/mol. The van der Waals surface area contributed by atoms with Crippen molar-refractivity contribution < 1.29 is 28.7 Å². The Morgan fingerprint density at radius 3 is 1.93 bits per heavy atom. The second kappa shape index (κ2) is 11.9. The van der Waals surface area contributed by atoms with Crippen molar-refractivity contribution in [2.45, 2.75) is 81.7 Å². The van der Waals surface area contributed by atoms with Crippen molar-refractivity contribution in [3.63, 3.8) is 0 Å². The van der Waals surface area contributed by atoms with E-state index in [1.807, 2.05) is 24.3 Å². The molecule has 2 aromatic carbocycles. The van der Waals surface area contributed by atoms with Crippen LogP contribution in [0.15, 0.2) is 36.4 Å². The highest BCUT2D eigenvalue weighted by Gasteiger charge is 2.44. The largest absolute Gasteiger partial charge is 0.456 e. The molecule has 2 unspecified atom stereocenters. The van der Waals surface area contributed by atoms with E-state index in [4.69, 9.17) is 9.47 Å². The van der Waals surface area contributed by atoms with E-state index in [1.165, 1.54) is 18.4 Å². The Bertz CT molecular complexity index is 1330. The van der Waals surface area contributed by atoms with Crippen LogP contribution in [0.3, 0.4) is 0 Å². The van der Waals surface area contributed by atoms with Gasteiger partial charge in [0.1, 0.15) is 12.1 Å². The van der Waals surface area contributed by atoms with Crippen molar-refractivity contribution in [1.82, 2.24) is 10.6 Å². The summed E-state index contributed by atoms with van der Waals surface area (Å²) in [6.07, 6.45) is 9.75. The van der Waals surface area contributed by atoms with Gasteiger partial charge in [-0.15, -0.1) is 0 Å². The first-order valence-corrected chi connectivity index (χ1v) is 15.1. The second-order valence-electron chi connectivity index (χ2n) is 11.9. The molecular formula is C33H38N2O6. The van der Waals surface area contributed by atoms with Crippen molar-refractivity contribution in [2.24, 2.45) is 0 Å². The lowest BCUT2D eigenvalue weighted by Gasteiger charge is -2.28. The summed E-state index contributed by atoms with van der Waals surface area (Å²) >= 11 is 0. The van der Waals surface area contributed by atoms with E-state index in [1.54, 1.807) is 12.1 Å². The Balaban J connectivity index is 1.20. The Hall–Kier alpha value is -3.36. The summed E-state index contributed by atoms with van der Waals surface area (Å²) in [6, 6.07) is 10.7. The summed E-state index contributed by atoms with van der Waals surface area (Å²) in [4.78, 5) is 50.6. The number of hydrogen-bond acceptors (Lipinski definition) is 8. The molecule has 2 aliphatic carbocycles. The van der Waals surface area contributed by atoms with Crippen molar-refractivity contribution >= 4 is 23.5 Å². The number of esters is 2. The van der Waals surface area contributed by atoms with E-state index in [0.717, 1.165) is 81.1 Å². The van der Waals surface area contributed by atoms with Gasteiger partial charge in [0, 0.05) is 11.1 Å². The van der Waals surface area contributed by atoms with Crippen molar-refractivity contribution in [3.05, 3.63) is 58.7 Å². The van der Waals surface area contributed by atoms with Crippen LogP contribution in [-0.4, -0.2) is 61.9 Å². The minimum absolute atomic E-state index is 0.0579. The molecule has 8 nitrogen and oxygen atoms in total. The Morgan fingerprint density at radius 2 is 1.34 bits per heavy atom. The maximum Gasteiger partial charge on any atom is 0.323 e. The van der Waals surface area contributed by atoms with E-state index in [2.05, 4.69) is 10.6 Å². The Labute approximate surface area is 240 Å². The highest BCUT2D eigenvalue weighted by molar-refractivity contribution is 6.01. The highest BCUT2D eigenvalue weighted by Crippen LogP contribution is 2.54. The molecule has 2 heterocycles. The second-order valence-corrected chi connectivity index (χ2v) is 11.9. The van der Waals surface area contributed by atoms with Gasteiger partial charge in [-0.05, 0) is 92.1 Å². The number of fused-ring (bicyclic) bond motifs is 2. The zero-order valence-corrected chi connectivity index (χ0v) is 23.5. The van der Waals surface area contributed by atoms with Gasteiger partial charge in [-0.25, -0.2) is 0 Å². The van der Waals surface area contributed by atoms with Gasteiger partial charge in [0.2, 0.25) is 5.78 Å². The van der Waals surface area contributed by atoms with Crippen LogP contribution in [0.2, 0.25) is 0 Å². The van der Waals surface area contributed by atoms with Gasteiger partial charge in [0.05, 0.1) is 0 Å². The van der Waals surface area contributed by atoms with Gasteiger partial charge in [-0.2, -0.15) is 0 Å². The molecule has 6 rings (SSSR count). The van der Waals surface area contributed by atoms with Crippen LogP contribution in [0.5, 0.6) is 0 Å². The summed E-state index contributed by atoms with van der Waals surface area (Å²) in [5, 5.41) is 6.21. The predicted octanol–water partition coefficient (Wildman–Crippen LogP) is 4.07. The third-order valence-electron chi connectivity index (χ3n) is 9.46. The number of hydrogen-bond donors (Lipinski definition) is 2.